The molecule has 0 aromatic rings. The van der Waals surface area contributed by atoms with Gasteiger partial charge >= 0.3 is 0 Å². The maximum Gasteiger partial charge on any atom is 0.0601 e. The average molecular weight is 188 g/mol. The van der Waals surface area contributed by atoms with Crippen molar-refractivity contribution in [1.82, 2.24) is 4.90 Å². The molecule has 3 nitrogen and oxygen atoms in total. The summed E-state index contributed by atoms with van der Waals surface area (Å²) in [5, 5.41) is 9.13. The van der Waals surface area contributed by atoms with Crippen molar-refractivity contribution in [2.24, 2.45) is 11.7 Å². The maximum atomic E-state index is 9.13. The van der Waals surface area contributed by atoms with E-state index in [4.69, 9.17) is 10.8 Å². The third-order valence-electron chi connectivity index (χ3n) is 2.66. The van der Waals surface area contributed by atoms with Crippen LogP contribution >= 0.6 is 0 Å². The number of aliphatic hydroxyl groups is 1. The molecule has 0 aliphatic heterocycles. The van der Waals surface area contributed by atoms with Crippen molar-refractivity contribution in [2.75, 3.05) is 20.2 Å². The van der Waals surface area contributed by atoms with Crippen molar-refractivity contribution < 1.29 is 5.11 Å². The normalized spacial score (nSPS) is 18.7. The lowest BCUT2D eigenvalue weighted by Gasteiger charge is -2.31. The van der Waals surface area contributed by atoms with E-state index in [0.717, 1.165) is 6.54 Å². The summed E-state index contributed by atoms with van der Waals surface area (Å²) < 4.78 is 0. The highest BCUT2D eigenvalue weighted by atomic mass is 16.3. The van der Waals surface area contributed by atoms with Gasteiger partial charge in [-0.25, -0.2) is 0 Å². The van der Waals surface area contributed by atoms with E-state index in [0.29, 0.717) is 5.92 Å². The van der Waals surface area contributed by atoms with Crippen molar-refractivity contribution in [3.63, 3.8) is 0 Å². The molecule has 0 aromatic heterocycles. The largest absolute Gasteiger partial charge is 0.395 e. The average Bonchev–Trinajstić information content (AvgIpc) is 2.04. The third-order valence-corrected chi connectivity index (χ3v) is 2.66. The van der Waals surface area contributed by atoms with Crippen LogP contribution in [0.3, 0.4) is 0 Å². The van der Waals surface area contributed by atoms with Crippen LogP contribution in [0.5, 0.6) is 0 Å². The van der Waals surface area contributed by atoms with Gasteiger partial charge in [0.1, 0.15) is 0 Å². The highest BCUT2D eigenvalue weighted by Crippen LogP contribution is 2.07. The summed E-state index contributed by atoms with van der Waals surface area (Å²) in [7, 11) is 2.02. The minimum atomic E-state index is 0.0269. The highest BCUT2D eigenvalue weighted by Gasteiger charge is 2.18. The second-order valence-corrected chi connectivity index (χ2v) is 4.06. The number of likely N-dealkylation sites (N-methyl/N-ethyl adjacent to an activating group) is 1. The first kappa shape index (κ1) is 12.9. The zero-order valence-electron chi connectivity index (χ0n) is 9.33. The van der Waals surface area contributed by atoms with Gasteiger partial charge in [-0.1, -0.05) is 20.3 Å². The SMILES string of the molecule is CCC(C)CN(C)C(CO)C(C)N. The van der Waals surface area contributed by atoms with Crippen molar-refractivity contribution >= 4 is 0 Å². The molecular formula is C10H24N2O. The van der Waals surface area contributed by atoms with E-state index in [1.54, 1.807) is 0 Å². The Hall–Kier alpha value is -0.120. The Kier molecular flexibility index (Phi) is 6.29. The summed E-state index contributed by atoms with van der Waals surface area (Å²) in [6.45, 7) is 7.48. The van der Waals surface area contributed by atoms with Gasteiger partial charge in [-0.2, -0.15) is 0 Å². The molecular weight excluding hydrogens is 164 g/mol. The topological polar surface area (TPSA) is 49.5 Å². The van der Waals surface area contributed by atoms with Crippen LogP contribution in [0.1, 0.15) is 27.2 Å². The Morgan fingerprint density at radius 1 is 1.38 bits per heavy atom. The van der Waals surface area contributed by atoms with Crippen LogP contribution in [0.25, 0.3) is 0 Å². The van der Waals surface area contributed by atoms with Crippen molar-refractivity contribution in [1.29, 1.82) is 0 Å². The first-order valence-corrected chi connectivity index (χ1v) is 5.09. The molecule has 0 aliphatic carbocycles. The number of rotatable bonds is 6. The fourth-order valence-corrected chi connectivity index (χ4v) is 1.46. The summed E-state index contributed by atoms with van der Waals surface area (Å²) in [5.41, 5.74) is 5.76. The Morgan fingerprint density at radius 2 is 1.92 bits per heavy atom. The molecule has 0 aromatic carbocycles. The fourth-order valence-electron chi connectivity index (χ4n) is 1.46. The molecule has 0 aliphatic rings. The zero-order valence-corrected chi connectivity index (χ0v) is 9.33. The van der Waals surface area contributed by atoms with Crippen LogP contribution in [0.2, 0.25) is 0 Å². The van der Waals surface area contributed by atoms with E-state index < -0.39 is 0 Å². The first-order chi connectivity index (χ1) is 6.02. The van der Waals surface area contributed by atoms with Gasteiger partial charge in [-0.15, -0.1) is 0 Å². The minimum Gasteiger partial charge on any atom is -0.395 e. The van der Waals surface area contributed by atoms with Crippen LogP contribution in [0, 0.1) is 5.92 Å². The molecule has 0 heterocycles. The standard InChI is InChI=1S/C10H24N2O/c1-5-8(2)6-12(4)10(7-13)9(3)11/h8-10,13H,5-7,11H2,1-4H3. The summed E-state index contributed by atoms with van der Waals surface area (Å²) in [4.78, 5) is 2.15. The van der Waals surface area contributed by atoms with Crippen molar-refractivity contribution in [2.45, 2.75) is 39.3 Å². The van der Waals surface area contributed by atoms with Crippen molar-refractivity contribution in [3.05, 3.63) is 0 Å². The molecule has 3 atom stereocenters. The van der Waals surface area contributed by atoms with E-state index in [2.05, 4.69) is 18.7 Å². The predicted octanol–water partition coefficient (Wildman–Crippen LogP) is 0.672. The molecule has 0 fully saturated rings. The summed E-state index contributed by atoms with van der Waals surface area (Å²) in [6.07, 6.45) is 1.17. The van der Waals surface area contributed by atoms with Crippen LogP contribution in [-0.2, 0) is 0 Å². The van der Waals surface area contributed by atoms with Crippen molar-refractivity contribution in [3.8, 4) is 0 Å². The lowest BCUT2D eigenvalue weighted by atomic mass is 10.1. The number of hydrogen-bond donors (Lipinski definition) is 2. The molecule has 0 rings (SSSR count). The molecule has 0 bridgehead atoms. The number of hydrogen-bond acceptors (Lipinski definition) is 3. The molecule has 3 N–H and O–H groups in total. The van der Waals surface area contributed by atoms with Gasteiger partial charge in [0.15, 0.2) is 0 Å². The van der Waals surface area contributed by atoms with Gasteiger partial charge in [0.2, 0.25) is 0 Å². The smallest absolute Gasteiger partial charge is 0.0601 e. The minimum absolute atomic E-state index is 0.0269. The van der Waals surface area contributed by atoms with E-state index in [9.17, 15) is 0 Å². The van der Waals surface area contributed by atoms with Crippen LogP contribution < -0.4 is 5.73 Å². The number of nitrogens with two attached hydrogens (primary N) is 1. The molecule has 80 valence electrons. The third kappa shape index (κ3) is 4.60. The quantitative estimate of drug-likeness (QED) is 0.644. The predicted molar refractivity (Wildman–Crippen MR) is 56.6 cm³/mol. The van der Waals surface area contributed by atoms with E-state index in [1.165, 1.54) is 6.42 Å². The van der Waals surface area contributed by atoms with E-state index in [-0.39, 0.29) is 18.7 Å². The number of aliphatic hydroxyl groups excluding tert-OH is 1. The van der Waals surface area contributed by atoms with Crippen LogP contribution in [0.15, 0.2) is 0 Å². The van der Waals surface area contributed by atoms with Crippen LogP contribution in [0.4, 0.5) is 0 Å². The van der Waals surface area contributed by atoms with E-state index >= 15 is 0 Å². The van der Waals surface area contributed by atoms with Gasteiger partial charge < -0.3 is 10.8 Å². The van der Waals surface area contributed by atoms with Gasteiger partial charge in [0, 0.05) is 18.6 Å². The Balaban J connectivity index is 3.97. The molecule has 3 unspecified atom stereocenters. The number of nitrogens with zero attached hydrogens (tertiary/aromatic N) is 1. The Labute approximate surface area is 81.9 Å². The zero-order chi connectivity index (χ0) is 10.4. The Morgan fingerprint density at radius 3 is 2.23 bits per heavy atom. The van der Waals surface area contributed by atoms with E-state index in [1.807, 2.05) is 14.0 Å². The van der Waals surface area contributed by atoms with Gasteiger partial charge in [0.25, 0.3) is 0 Å². The monoisotopic (exact) mass is 188 g/mol. The summed E-state index contributed by atoms with van der Waals surface area (Å²) in [6, 6.07) is 0.119. The molecule has 0 spiro atoms. The Bertz CT molecular complexity index is 128. The lowest BCUT2D eigenvalue weighted by Crippen LogP contribution is -2.48. The summed E-state index contributed by atoms with van der Waals surface area (Å²) in [5.74, 6) is 0.665. The lowest BCUT2D eigenvalue weighted by molar-refractivity contribution is 0.118. The summed E-state index contributed by atoms with van der Waals surface area (Å²) >= 11 is 0. The molecule has 13 heavy (non-hydrogen) atoms. The molecule has 0 saturated heterocycles. The second kappa shape index (κ2) is 6.35. The molecule has 3 heteroatoms. The van der Waals surface area contributed by atoms with Gasteiger partial charge in [-0.05, 0) is 19.9 Å². The molecule has 0 radical (unpaired) electrons. The maximum absolute atomic E-state index is 9.13. The molecule has 0 saturated carbocycles. The van der Waals surface area contributed by atoms with Crippen LogP contribution in [-0.4, -0.2) is 42.3 Å². The molecule has 0 amide bonds. The fraction of sp³-hybridized carbons (Fsp3) is 1.00. The highest BCUT2D eigenvalue weighted by molar-refractivity contribution is 4.77. The van der Waals surface area contributed by atoms with Gasteiger partial charge in [-0.3, -0.25) is 4.90 Å². The second-order valence-electron chi connectivity index (χ2n) is 4.06. The first-order valence-electron chi connectivity index (χ1n) is 5.09. The van der Waals surface area contributed by atoms with Gasteiger partial charge in [0.05, 0.1) is 6.61 Å².